The SMILES string of the molecule is Oc1cc(Oc2cccc(-c3cccc(C(F)(F)F)c3)n2)ccc1F. The molecule has 7 heteroatoms. The van der Waals surface area contributed by atoms with Gasteiger partial charge >= 0.3 is 6.18 Å². The van der Waals surface area contributed by atoms with Crippen molar-refractivity contribution in [3.05, 3.63) is 72.0 Å². The van der Waals surface area contributed by atoms with Crippen LogP contribution in [0.25, 0.3) is 11.3 Å². The van der Waals surface area contributed by atoms with Crippen molar-refractivity contribution >= 4 is 0 Å². The van der Waals surface area contributed by atoms with Crippen LogP contribution < -0.4 is 4.74 Å². The number of phenolic OH excluding ortho intramolecular Hbond substituents is 1. The number of aromatic nitrogens is 1. The molecule has 2 aromatic carbocycles. The number of alkyl halides is 3. The van der Waals surface area contributed by atoms with Gasteiger partial charge in [-0.1, -0.05) is 18.2 Å². The Kier molecular flexibility index (Phi) is 4.31. The van der Waals surface area contributed by atoms with Gasteiger partial charge in [0, 0.05) is 17.7 Å². The number of hydrogen-bond donors (Lipinski definition) is 1. The molecule has 0 aliphatic carbocycles. The third-order valence-electron chi connectivity index (χ3n) is 3.35. The second-order valence-electron chi connectivity index (χ2n) is 5.15. The predicted molar refractivity (Wildman–Crippen MR) is 82.8 cm³/mol. The predicted octanol–water partition coefficient (Wildman–Crippen LogP) is 5.40. The molecule has 0 saturated carbocycles. The molecule has 0 unspecified atom stereocenters. The van der Waals surface area contributed by atoms with Crippen LogP contribution in [0.5, 0.6) is 17.4 Å². The first-order chi connectivity index (χ1) is 11.8. The van der Waals surface area contributed by atoms with Gasteiger partial charge in [-0.2, -0.15) is 13.2 Å². The van der Waals surface area contributed by atoms with E-state index in [9.17, 15) is 22.7 Å². The lowest BCUT2D eigenvalue weighted by Crippen LogP contribution is -2.04. The summed E-state index contributed by atoms with van der Waals surface area (Å²) in [5.41, 5.74) is -0.209. The lowest BCUT2D eigenvalue weighted by molar-refractivity contribution is -0.137. The fraction of sp³-hybridized carbons (Fsp3) is 0.0556. The zero-order valence-corrected chi connectivity index (χ0v) is 12.6. The molecular weight excluding hydrogens is 338 g/mol. The smallest absolute Gasteiger partial charge is 0.416 e. The minimum Gasteiger partial charge on any atom is -0.505 e. The molecule has 25 heavy (non-hydrogen) atoms. The van der Waals surface area contributed by atoms with E-state index in [1.54, 1.807) is 12.1 Å². The number of rotatable bonds is 3. The van der Waals surface area contributed by atoms with Gasteiger partial charge in [-0.15, -0.1) is 0 Å². The molecule has 0 spiro atoms. The van der Waals surface area contributed by atoms with Crippen molar-refractivity contribution < 1.29 is 27.4 Å². The molecule has 0 bridgehead atoms. The summed E-state index contributed by atoms with van der Waals surface area (Å²) in [5, 5.41) is 9.34. The van der Waals surface area contributed by atoms with Gasteiger partial charge in [-0.05, 0) is 30.3 Å². The Balaban J connectivity index is 1.90. The summed E-state index contributed by atoms with van der Waals surface area (Å²) < 4.78 is 56.9. The number of phenols is 1. The lowest BCUT2D eigenvalue weighted by Gasteiger charge is -2.10. The van der Waals surface area contributed by atoms with E-state index in [0.717, 1.165) is 24.3 Å². The van der Waals surface area contributed by atoms with Gasteiger partial charge in [0.1, 0.15) is 5.75 Å². The Labute approximate surface area is 140 Å². The van der Waals surface area contributed by atoms with Crippen LogP contribution in [0.3, 0.4) is 0 Å². The quantitative estimate of drug-likeness (QED) is 0.644. The fourth-order valence-electron chi connectivity index (χ4n) is 2.16. The van der Waals surface area contributed by atoms with Crippen molar-refractivity contribution in [2.45, 2.75) is 6.18 Å². The van der Waals surface area contributed by atoms with E-state index in [2.05, 4.69) is 4.98 Å². The lowest BCUT2D eigenvalue weighted by atomic mass is 10.1. The van der Waals surface area contributed by atoms with E-state index in [1.165, 1.54) is 24.3 Å². The molecular formula is C18H11F4NO2. The monoisotopic (exact) mass is 349 g/mol. The van der Waals surface area contributed by atoms with Crippen molar-refractivity contribution in [2.24, 2.45) is 0 Å². The van der Waals surface area contributed by atoms with Gasteiger partial charge < -0.3 is 9.84 Å². The van der Waals surface area contributed by atoms with Crippen LogP contribution in [0.2, 0.25) is 0 Å². The van der Waals surface area contributed by atoms with Crippen LogP contribution in [-0.2, 0) is 6.18 Å². The Hall–Kier alpha value is -3.09. The summed E-state index contributed by atoms with van der Waals surface area (Å²) >= 11 is 0. The van der Waals surface area contributed by atoms with Gasteiger partial charge in [0.2, 0.25) is 5.88 Å². The Morgan fingerprint density at radius 1 is 0.920 bits per heavy atom. The molecule has 1 N–H and O–H groups in total. The number of benzene rings is 2. The maximum Gasteiger partial charge on any atom is 0.416 e. The van der Waals surface area contributed by atoms with Gasteiger partial charge in [-0.25, -0.2) is 9.37 Å². The van der Waals surface area contributed by atoms with E-state index in [-0.39, 0.29) is 22.9 Å². The van der Waals surface area contributed by atoms with Crippen LogP contribution in [0.1, 0.15) is 5.56 Å². The molecule has 1 aromatic heterocycles. The summed E-state index contributed by atoms with van der Waals surface area (Å²) in [6.07, 6.45) is -4.45. The minimum absolute atomic E-state index is 0.0981. The summed E-state index contributed by atoms with van der Waals surface area (Å²) in [7, 11) is 0. The zero-order valence-electron chi connectivity index (χ0n) is 12.6. The van der Waals surface area contributed by atoms with Crippen LogP contribution in [0, 0.1) is 5.82 Å². The number of aromatic hydroxyl groups is 1. The molecule has 0 saturated heterocycles. The van der Waals surface area contributed by atoms with E-state index >= 15 is 0 Å². The summed E-state index contributed by atoms with van der Waals surface area (Å²) in [6.45, 7) is 0. The van der Waals surface area contributed by atoms with Crippen molar-refractivity contribution in [3.63, 3.8) is 0 Å². The first kappa shape index (κ1) is 16.8. The second kappa shape index (κ2) is 6.43. The largest absolute Gasteiger partial charge is 0.505 e. The highest BCUT2D eigenvalue weighted by Crippen LogP contribution is 2.32. The van der Waals surface area contributed by atoms with Crippen LogP contribution in [-0.4, -0.2) is 10.1 Å². The fourth-order valence-corrected chi connectivity index (χ4v) is 2.16. The molecule has 1 heterocycles. The number of nitrogens with zero attached hydrogens (tertiary/aromatic N) is 1. The normalized spacial score (nSPS) is 11.4. The number of ether oxygens (including phenoxy) is 1. The van der Waals surface area contributed by atoms with Gasteiger partial charge in [0.05, 0.1) is 11.3 Å². The highest BCUT2D eigenvalue weighted by Gasteiger charge is 2.30. The van der Waals surface area contributed by atoms with Crippen LogP contribution in [0.4, 0.5) is 17.6 Å². The molecule has 0 radical (unpaired) electrons. The second-order valence-corrected chi connectivity index (χ2v) is 5.15. The average Bonchev–Trinajstić information content (AvgIpc) is 2.58. The molecule has 0 atom stereocenters. The van der Waals surface area contributed by atoms with Crippen molar-refractivity contribution in [1.82, 2.24) is 4.98 Å². The van der Waals surface area contributed by atoms with Crippen molar-refractivity contribution in [2.75, 3.05) is 0 Å². The molecule has 3 rings (SSSR count). The highest BCUT2D eigenvalue weighted by atomic mass is 19.4. The first-order valence-corrected chi connectivity index (χ1v) is 7.14. The van der Waals surface area contributed by atoms with E-state index in [1.807, 2.05) is 0 Å². The molecule has 3 aromatic rings. The first-order valence-electron chi connectivity index (χ1n) is 7.14. The summed E-state index contributed by atoms with van der Waals surface area (Å²) in [4.78, 5) is 4.15. The van der Waals surface area contributed by atoms with Gasteiger partial charge in [-0.3, -0.25) is 0 Å². The Morgan fingerprint density at radius 2 is 1.68 bits per heavy atom. The molecule has 0 amide bonds. The van der Waals surface area contributed by atoms with Crippen molar-refractivity contribution in [1.29, 1.82) is 0 Å². The zero-order chi connectivity index (χ0) is 18.0. The molecule has 0 fully saturated rings. The molecule has 128 valence electrons. The number of pyridine rings is 1. The maximum atomic E-state index is 13.0. The van der Waals surface area contributed by atoms with Crippen LogP contribution in [0.15, 0.2) is 60.7 Å². The summed E-state index contributed by atoms with van der Waals surface area (Å²) in [5.74, 6) is -1.13. The third kappa shape index (κ3) is 3.88. The topological polar surface area (TPSA) is 42.4 Å². The van der Waals surface area contributed by atoms with Crippen LogP contribution >= 0.6 is 0 Å². The van der Waals surface area contributed by atoms with E-state index < -0.39 is 23.3 Å². The maximum absolute atomic E-state index is 13.0. The molecule has 0 aliphatic rings. The highest BCUT2D eigenvalue weighted by molar-refractivity contribution is 5.61. The van der Waals surface area contributed by atoms with Gasteiger partial charge in [0.25, 0.3) is 0 Å². The number of halogens is 4. The Morgan fingerprint density at radius 3 is 2.40 bits per heavy atom. The molecule has 3 nitrogen and oxygen atoms in total. The standard InChI is InChI=1S/C18H11F4NO2/c19-14-8-7-13(10-16(14)24)25-17-6-2-5-15(23-17)11-3-1-4-12(9-11)18(20,21)22/h1-10,24H. The Bertz CT molecular complexity index is 910. The van der Waals surface area contributed by atoms with Gasteiger partial charge in [0.15, 0.2) is 11.6 Å². The average molecular weight is 349 g/mol. The minimum atomic E-state index is -4.45. The summed E-state index contributed by atoms with van der Waals surface area (Å²) in [6, 6.07) is 12.8. The third-order valence-corrected chi connectivity index (χ3v) is 3.35. The number of hydrogen-bond acceptors (Lipinski definition) is 3. The van der Waals surface area contributed by atoms with Crippen molar-refractivity contribution in [3.8, 4) is 28.6 Å². The van der Waals surface area contributed by atoms with E-state index in [0.29, 0.717) is 0 Å². The molecule has 0 aliphatic heterocycles. The van der Waals surface area contributed by atoms with E-state index in [4.69, 9.17) is 4.74 Å².